The van der Waals surface area contributed by atoms with E-state index >= 15 is 0 Å². The second kappa shape index (κ2) is 2.50. The van der Waals surface area contributed by atoms with Gasteiger partial charge in [-0.1, -0.05) is 17.7 Å². The molecule has 1 aromatic rings. The second-order valence-electron chi connectivity index (χ2n) is 2.86. The molecule has 0 aromatic heterocycles. The molecule has 1 heterocycles. The first kappa shape index (κ1) is 7.14. The number of hydrogen-bond donors (Lipinski definition) is 0. The van der Waals surface area contributed by atoms with Gasteiger partial charge in [0.2, 0.25) is 0 Å². The van der Waals surface area contributed by atoms with Crippen LogP contribution < -0.4 is 0 Å². The average molecular weight is 169 g/mol. The first-order valence-electron chi connectivity index (χ1n) is 3.63. The van der Waals surface area contributed by atoms with Gasteiger partial charge >= 0.3 is 0 Å². The van der Waals surface area contributed by atoms with Crippen molar-refractivity contribution in [2.24, 2.45) is 0 Å². The highest BCUT2D eigenvalue weighted by Gasteiger charge is 2.12. The van der Waals surface area contributed by atoms with Gasteiger partial charge in [0.15, 0.2) is 0 Å². The Bertz CT molecular complexity index is 265. The number of halogens is 1. The topological polar surface area (TPSA) is 9.23 Å². The Kier molecular flexibility index (Phi) is 1.63. The third kappa shape index (κ3) is 1.15. The van der Waals surface area contributed by atoms with Gasteiger partial charge in [-0.05, 0) is 29.7 Å². The van der Waals surface area contributed by atoms with Gasteiger partial charge in [0.1, 0.15) is 0 Å². The first-order chi connectivity index (χ1) is 5.27. The molecule has 2 rings (SSSR count). The predicted molar refractivity (Wildman–Crippen MR) is 44.7 cm³/mol. The fourth-order valence-electron chi connectivity index (χ4n) is 1.32. The molecule has 2 heteroatoms. The van der Waals surface area contributed by atoms with Gasteiger partial charge in [-0.3, -0.25) is 0 Å². The van der Waals surface area contributed by atoms with Gasteiger partial charge in [-0.15, -0.1) is 0 Å². The molecule has 11 heavy (non-hydrogen) atoms. The molecule has 1 aliphatic heterocycles. The van der Waals surface area contributed by atoms with Crippen molar-refractivity contribution in [1.82, 2.24) is 0 Å². The van der Waals surface area contributed by atoms with Gasteiger partial charge in [0, 0.05) is 5.02 Å². The summed E-state index contributed by atoms with van der Waals surface area (Å²) >= 11 is 5.94. The molecule has 0 radical (unpaired) electrons. The summed E-state index contributed by atoms with van der Waals surface area (Å²) in [6.45, 7) is 3.48. The predicted octanol–water partition coefficient (Wildman–Crippen LogP) is 2.68. The Labute approximate surface area is 70.9 Å². The maximum Gasteiger partial charge on any atom is 0.0725 e. The molecule has 0 atom stereocenters. The summed E-state index contributed by atoms with van der Waals surface area (Å²) in [5.41, 5.74) is 3.66. The van der Waals surface area contributed by atoms with E-state index < -0.39 is 0 Å². The molecule has 0 amide bonds. The zero-order valence-corrected chi connectivity index (χ0v) is 7.11. The molecule has 0 unspecified atom stereocenters. The fourth-order valence-corrected chi connectivity index (χ4v) is 1.51. The highest BCUT2D eigenvalue weighted by Crippen LogP contribution is 2.26. The quantitative estimate of drug-likeness (QED) is 0.579. The summed E-state index contributed by atoms with van der Waals surface area (Å²) < 4.78 is 5.27. The zero-order valence-electron chi connectivity index (χ0n) is 6.36. The number of aryl methyl sites for hydroxylation is 1. The van der Waals surface area contributed by atoms with Crippen LogP contribution in [0.4, 0.5) is 0 Å². The zero-order chi connectivity index (χ0) is 7.84. The third-order valence-corrected chi connectivity index (χ3v) is 2.40. The Morgan fingerprint density at radius 3 is 2.64 bits per heavy atom. The van der Waals surface area contributed by atoms with Crippen LogP contribution in [0.2, 0.25) is 5.02 Å². The van der Waals surface area contributed by atoms with Gasteiger partial charge in [-0.25, -0.2) is 0 Å². The van der Waals surface area contributed by atoms with Crippen LogP contribution in [-0.2, 0) is 18.0 Å². The molecule has 0 spiro atoms. The van der Waals surface area contributed by atoms with Crippen LogP contribution in [0.15, 0.2) is 12.1 Å². The van der Waals surface area contributed by atoms with Crippen molar-refractivity contribution in [3.63, 3.8) is 0 Å². The largest absolute Gasteiger partial charge is 0.372 e. The maximum absolute atomic E-state index is 5.94. The lowest BCUT2D eigenvalue weighted by Gasteiger charge is -2.00. The van der Waals surface area contributed by atoms with E-state index in [1.165, 1.54) is 11.1 Å². The van der Waals surface area contributed by atoms with Crippen molar-refractivity contribution >= 4 is 11.6 Å². The van der Waals surface area contributed by atoms with Crippen LogP contribution in [-0.4, -0.2) is 0 Å². The lowest BCUT2D eigenvalue weighted by atomic mass is 10.1. The number of benzene rings is 1. The van der Waals surface area contributed by atoms with E-state index in [1.54, 1.807) is 0 Å². The van der Waals surface area contributed by atoms with Crippen LogP contribution in [0.3, 0.4) is 0 Å². The second-order valence-corrected chi connectivity index (χ2v) is 3.27. The monoisotopic (exact) mass is 168 g/mol. The summed E-state index contributed by atoms with van der Waals surface area (Å²) in [6, 6.07) is 4.10. The summed E-state index contributed by atoms with van der Waals surface area (Å²) in [6.07, 6.45) is 0. The Morgan fingerprint density at radius 2 is 1.91 bits per heavy atom. The highest BCUT2D eigenvalue weighted by molar-refractivity contribution is 6.31. The Morgan fingerprint density at radius 1 is 1.27 bits per heavy atom. The smallest absolute Gasteiger partial charge is 0.0725 e. The molecule has 0 saturated heterocycles. The van der Waals surface area contributed by atoms with Crippen molar-refractivity contribution in [2.75, 3.05) is 0 Å². The van der Waals surface area contributed by atoms with Crippen LogP contribution in [0.5, 0.6) is 0 Å². The summed E-state index contributed by atoms with van der Waals surface area (Å²) in [5, 5.41) is 0.842. The number of rotatable bonds is 0. The minimum absolute atomic E-state index is 0.718. The maximum atomic E-state index is 5.94. The standard InChI is InChI=1S/C9H9ClO/c1-6-2-7-4-11-5-8(7)3-9(6)10/h2-3H,4-5H2,1H3. The van der Waals surface area contributed by atoms with Gasteiger partial charge in [0.25, 0.3) is 0 Å². The Balaban J connectivity index is 2.57. The van der Waals surface area contributed by atoms with Crippen molar-refractivity contribution in [3.8, 4) is 0 Å². The SMILES string of the molecule is Cc1cc2c(cc1Cl)COC2. The summed E-state index contributed by atoms with van der Waals surface area (Å²) in [7, 11) is 0. The molecular formula is C9H9ClO. The molecule has 0 fully saturated rings. The van der Waals surface area contributed by atoms with E-state index in [1.807, 2.05) is 13.0 Å². The molecule has 58 valence electrons. The van der Waals surface area contributed by atoms with Gasteiger partial charge in [0.05, 0.1) is 13.2 Å². The van der Waals surface area contributed by atoms with Crippen LogP contribution in [0.25, 0.3) is 0 Å². The van der Waals surface area contributed by atoms with Crippen molar-refractivity contribution in [1.29, 1.82) is 0 Å². The number of fused-ring (bicyclic) bond motifs is 1. The van der Waals surface area contributed by atoms with Gasteiger partial charge in [-0.2, -0.15) is 0 Å². The summed E-state index contributed by atoms with van der Waals surface area (Å²) in [5.74, 6) is 0. The normalized spacial score (nSPS) is 15.1. The van der Waals surface area contributed by atoms with Crippen LogP contribution in [0, 0.1) is 6.92 Å². The summed E-state index contributed by atoms with van der Waals surface area (Å²) in [4.78, 5) is 0. The lowest BCUT2D eigenvalue weighted by molar-refractivity contribution is 0.134. The fraction of sp³-hybridized carbons (Fsp3) is 0.333. The van der Waals surface area contributed by atoms with Crippen molar-refractivity contribution in [3.05, 3.63) is 33.8 Å². The van der Waals surface area contributed by atoms with E-state index in [0.717, 1.165) is 23.8 Å². The number of ether oxygens (including phenoxy) is 1. The molecule has 0 saturated carbocycles. The average Bonchev–Trinajstić information content (AvgIpc) is 2.36. The Hall–Kier alpha value is -0.530. The third-order valence-electron chi connectivity index (χ3n) is 2.00. The van der Waals surface area contributed by atoms with Gasteiger partial charge < -0.3 is 4.74 Å². The van der Waals surface area contributed by atoms with Crippen molar-refractivity contribution in [2.45, 2.75) is 20.1 Å². The number of hydrogen-bond acceptors (Lipinski definition) is 1. The molecule has 0 N–H and O–H groups in total. The molecular weight excluding hydrogens is 160 g/mol. The van der Waals surface area contributed by atoms with E-state index in [0.29, 0.717) is 0 Å². The van der Waals surface area contributed by atoms with E-state index in [-0.39, 0.29) is 0 Å². The molecule has 0 aliphatic carbocycles. The highest BCUT2D eigenvalue weighted by atomic mass is 35.5. The minimum Gasteiger partial charge on any atom is -0.372 e. The molecule has 1 nitrogen and oxygen atoms in total. The van der Waals surface area contributed by atoms with E-state index in [2.05, 4.69) is 6.07 Å². The van der Waals surface area contributed by atoms with Crippen LogP contribution in [0.1, 0.15) is 16.7 Å². The van der Waals surface area contributed by atoms with E-state index in [9.17, 15) is 0 Å². The van der Waals surface area contributed by atoms with Crippen LogP contribution >= 0.6 is 11.6 Å². The minimum atomic E-state index is 0.718. The lowest BCUT2D eigenvalue weighted by Crippen LogP contribution is -1.84. The van der Waals surface area contributed by atoms with E-state index in [4.69, 9.17) is 16.3 Å². The molecule has 1 aliphatic rings. The van der Waals surface area contributed by atoms with Crippen molar-refractivity contribution < 1.29 is 4.74 Å². The molecule has 0 bridgehead atoms. The molecule has 1 aromatic carbocycles. The first-order valence-corrected chi connectivity index (χ1v) is 4.01.